The van der Waals surface area contributed by atoms with Crippen LogP contribution in [0.1, 0.15) is 75.4 Å². The molecule has 0 bridgehead atoms. The van der Waals surface area contributed by atoms with Gasteiger partial charge in [-0.2, -0.15) is 10.2 Å². The van der Waals surface area contributed by atoms with Gasteiger partial charge in [0.2, 0.25) is 0 Å². The lowest BCUT2D eigenvalue weighted by Crippen LogP contribution is -2.59. The molecule has 4 heterocycles. The van der Waals surface area contributed by atoms with Crippen LogP contribution in [-0.4, -0.2) is 49.6 Å². The molecule has 2 aliphatic rings. The van der Waals surface area contributed by atoms with Gasteiger partial charge in [0.05, 0.1) is 5.52 Å². The van der Waals surface area contributed by atoms with Gasteiger partial charge in [0, 0.05) is 56.1 Å². The smallest absolute Gasteiger partial charge is 0.349 e. The summed E-state index contributed by atoms with van der Waals surface area (Å²) in [5.41, 5.74) is 3.79. The Bertz CT molecular complexity index is 1320. The maximum atomic E-state index is 12.7. The third-order valence-electron chi connectivity index (χ3n) is 7.79. The Labute approximate surface area is 206 Å². The number of aromatic nitrogens is 4. The van der Waals surface area contributed by atoms with Crippen LogP contribution in [0.3, 0.4) is 0 Å². The highest BCUT2D eigenvalue weighted by molar-refractivity contribution is 5.86. The summed E-state index contributed by atoms with van der Waals surface area (Å²) in [5.74, 6) is 1.25. The highest BCUT2D eigenvalue weighted by atomic mass is 16.1. The molecule has 5 rings (SSSR count). The van der Waals surface area contributed by atoms with Gasteiger partial charge in [-0.3, -0.25) is 14.5 Å². The minimum Gasteiger partial charge on any atom is -0.349 e. The van der Waals surface area contributed by atoms with E-state index in [4.69, 9.17) is 4.98 Å². The second-order valence-electron chi connectivity index (χ2n) is 9.89. The predicted molar refractivity (Wildman–Crippen MR) is 136 cm³/mol. The number of nitrogens with zero attached hydrogens (tertiary/aromatic N) is 7. The van der Waals surface area contributed by atoms with E-state index >= 15 is 0 Å². The minimum atomic E-state index is -0.306. The summed E-state index contributed by atoms with van der Waals surface area (Å²) in [5, 5.41) is 9.43. The van der Waals surface area contributed by atoms with Crippen molar-refractivity contribution in [3.05, 3.63) is 57.9 Å². The van der Waals surface area contributed by atoms with Gasteiger partial charge in [-0.25, -0.2) is 9.78 Å². The molecule has 1 aliphatic carbocycles. The fourth-order valence-corrected chi connectivity index (χ4v) is 5.37. The first kappa shape index (κ1) is 23.4. The Morgan fingerprint density at radius 3 is 2.49 bits per heavy atom. The average molecular weight is 472 g/mol. The van der Waals surface area contributed by atoms with Crippen molar-refractivity contribution in [3.63, 3.8) is 0 Å². The van der Waals surface area contributed by atoms with Gasteiger partial charge in [-0.05, 0) is 56.4 Å². The number of piperazine rings is 1. The van der Waals surface area contributed by atoms with Gasteiger partial charge in [-0.1, -0.05) is 19.9 Å². The van der Waals surface area contributed by atoms with Crippen LogP contribution in [0, 0.1) is 11.3 Å². The molecule has 1 unspecified atom stereocenters. The van der Waals surface area contributed by atoms with Crippen molar-refractivity contribution in [2.45, 2.75) is 70.5 Å². The Kier molecular flexibility index (Phi) is 6.28. The molecule has 3 aromatic rings. The van der Waals surface area contributed by atoms with Crippen LogP contribution in [-0.2, 0) is 7.05 Å². The van der Waals surface area contributed by atoms with Gasteiger partial charge in [0.15, 0.2) is 5.82 Å². The molecule has 1 saturated heterocycles. The molecule has 35 heavy (non-hydrogen) atoms. The van der Waals surface area contributed by atoms with E-state index in [9.17, 15) is 10.1 Å². The first-order valence-corrected chi connectivity index (χ1v) is 12.7. The van der Waals surface area contributed by atoms with E-state index in [2.05, 4.69) is 64.9 Å². The summed E-state index contributed by atoms with van der Waals surface area (Å²) < 4.78 is 1.50. The van der Waals surface area contributed by atoms with E-state index in [1.807, 2.05) is 0 Å². The molecule has 0 aromatic carbocycles. The number of rotatable bonds is 6. The van der Waals surface area contributed by atoms with Crippen molar-refractivity contribution in [2.24, 2.45) is 7.05 Å². The normalized spacial score (nSPS) is 21.7. The lowest BCUT2D eigenvalue weighted by molar-refractivity contribution is 0.101. The van der Waals surface area contributed by atoms with Gasteiger partial charge in [-0.15, -0.1) is 0 Å². The highest BCUT2D eigenvalue weighted by Crippen LogP contribution is 2.39. The van der Waals surface area contributed by atoms with E-state index in [0.29, 0.717) is 28.5 Å². The monoisotopic (exact) mass is 471 g/mol. The summed E-state index contributed by atoms with van der Waals surface area (Å²) in [6.45, 7) is 8.27. The van der Waals surface area contributed by atoms with Crippen LogP contribution in [0.4, 0.5) is 5.82 Å². The van der Waals surface area contributed by atoms with Gasteiger partial charge >= 0.3 is 5.69 Å². The molecular weight excluding hydrogens is 438 g/mol. The van der Waals surface area contributed by atoms with Crippen molar-refractivity contribution in [1.82, 2.24) is 24.4 Å². The van der Waals surface area contributed by atoms with Crippen LogP contribution in [0.2, 0.25) is 0 Å². The van der Waals surface area contributed by atoms with Crippen LogP contribution >= 0.6 is 0 Å². The Hall–Kier alpha value is -3.31. The molecule has 0 radical (unpaired) electrons. The number of nitriles is 1. The second kappa shape index (κ2) is 9.38. The zero-order valence-corrected chi connectivity index (χ0v) is 21.0. The van der Waals surface area contributed by atoms with E-state index in [-0.39, 0.29) is 23.8 Å². The number of pyridine rings is 2. The van der Waals surface area contributed by atoms with Crippen molar-refractivity contribution in [2.75, 3.05) is 18.0 Å². The standard InChI is InChI=1S/C27H33N7O/c1-5-21-16-34(26-25-24(32(4)27(35)31-26)12-10-20(13-28)30-25)22(6-2)15-33(21)17(3)19-9-11-23(29-14-19)18-7-8-18/h9-12,14,17-18,21-22H,5-8,15-16H2,1-4H3/t17?,21-,22+/m1/s1. The maximum absolute atomic E-state index is 12.7. The molecule has 1 saturated carbocycles. The van der Waals surface area contributed by atoms with Crippen LogP contribution < -0.4 is 10.6 Å². The second-order valence-corrected chi connectivity index (χ2v) is 9.89. The number of anilines is 1. The van der Waals surface area contributed by atoms with E-state index < -0.39 is 0 Å². The van der Waals surface area contributed by atoms with Crippen molar-refractivity contribution >= 4 is 16.9 Å². The average Bonchev–Trinajstić information content (AvgIpc) is 3.75. The quantitative estimate of drug-likeness (QED) is 0.538. The third kappa shape index (κ3) is 4.30. The topological polar surface area (TPSA) is 90.9 Å². The minimum absolute atomic E-state index is 0.175. The zero-order valence-electron chi connectivity index (χ0n) is 21.0. The zero-order chi connectivity index (χ0) is 24.7. The molecule has 3 atom stereocenters. The largest absolute Gasteiger partial charge is 0.349 e. The number of hydrogen-bond acceptors (Lipinski definition) is 7. The summed E-state index contributed by atoms with van der Waals surface area (Å²) in [7, 11) is 1.70. The number of hydrogen-bond donors (Lipinski definition) is 0. The Morgan fingerprint density at radius 2 is 1.86 bits per heavy atom. The summed E-state index contributed by atoms with van der Waals surface area (Å²) >= 11 is 0. The van der Waals surface area contributed by atoms with Gasteiger partial charge in [0.25, 0.3) is 0 Å². The van der Waals surface area contributed by atoms with Crippen molar-refractivity contribution in [3.8, 4) is 6.07 Å². The molecular formula is C27H33N7O. The molecule has 0 spiro atoms. The lowest BCUT2D eigenvalue weighted by Gasteiger charge is -2.49. The molecule has 0 amide bonds. The highest BCUT2D eigenvalue weighted by Gasteiger charge is 2.37. The predicted octanol–water partition coefficient (Wildman–Crippen LogP) is 3.91. The Morgan fingerprint density at radius 1 is 1.09 bits per heavy atom. The van der Waals surface area contributed by atoms with Crippen LogP contribution in [0.25, 0.3) is 11.0 Å². The number of aryl methyl sites for hydroxylation is 1. The third-order valence-corrected chi connectivity index (χ3v) is 7.79. The van der Waals surface area contributed by atoms with Gasteiger partial charge < -0.3 is 4.90 Å². The van der Waals surface area contributed by atoms with Crippen LogP contribution in [0.5, 0.6) is 0 Å². The molecule has 8 heteroatoms. The SMILES string of the molecule is CC[C@H]1CN(C(C)c2ccc(C3CC3)nc2)[C@H](CC)CN1c1nc(=O)n(C)c2ccc(C#N)nc12. The fraction of sp³-hybridized carbons (Fsp3) is 0.519. The summed E-state index contributed by atoms with van der Waals surface area (Å²) in [6.07, 6.45) is 6.47. The first-order chi connectivity index (χ1) is 16.9. The summed E-state index contributed by atoms with van der Waals surface area (Å²) in [4.78, 5) is 31.4. The van der Waals surface area contributed by atoms with Crippen molar-refractivity contribution in [1.29, 1.82) is 5.26 Å². The Balaban J connectivity index is 1.49. The molecule has 3 aromatic heterocycles. The lowest BCUT2D eigenvalue weighted by atomic mass is 9.97. The molecule has 2 fully saturated rings. The van der Waals surface area contributed by atoms with Crippen LogP contribution in [0.15, 0.2) is 35.3 Å². The van der Waals surface area contributed by atoms with Crippen molar-refractivity contribution < 1.29 is 0 Å². The number of fused-ring (bicyclic) bond motifs is 1. The van der Waals surface area contributed by atoms with E-state index in [1.54, 1.807) is 19.2 Å². The molecule has 182 valence electrons. The van der Waals surface area contributed by atoms with Gasteiger partial charge in [0.1, 0.15) is 17.3 Å². The molecule has 0 N–H and O–H groups in total. The molecule has 8 nitrogen and oxygen atoms in total. The van der Waals surface area contributed by atoms with E-state index in [0.717, 1.165) is 25.9 Å². The fourth-order valence-electron chi connectivity index (χ4n) is 5.37. The maximum Gasteiger partial charge on any atom is 0.349 e. The molecule has 1 aliphatic heterocycles. The van der Waals surface area contributed by atoms with E-state index in [1.165, 1.54) is 28.7 Å². The summed E-state index contributed by atoms with van der Waals surface area (Å²) in [6, 6.07) is 10.7. The first-order valence-electron chi connectivity index (χ1n) is 12.7.